The molecule has 0 aromatic carbocycles. The third-order valence-corrected chi connectivity index (χ3v) is 9.68. The van der Waals surface area contributed by atoms with E-state index in [0.29, 0.717) is 0 Å². The highest BCUT2D eigenvalue weighted by Gasteiger charge is 2.56. The van der Waals surface area contributed by atoms with E-state index in [4.69, 9.17) is 30.4 Å². The Morgan fingerprint density at radius 3 is 2.35 bits per heavy atom. The standard InChI is InChI=1S/C21H26N10O13P2/c22-15(35)8-9-16(25-3-24-8)30(4-26-9)19-13(34)11(32)7(43-19)2-42-46(39,40)14-12(33)6(1-41-45(37)38)44-20(14)31-5-27-10-17(31)28-21(23)29-18(10)36/h3-7,11-14,19-20,32-34,45H,1-2H2,(H2,22,35)(H,37,38)(H,39,40)(H3,23,28,29,36)/t6-,7-,11-,12-,13-,14-,19-,20-/m1/s1. The van der Waals surface area contributed by atoms with Gasteiger partial charge >= 0.3 is 15.9 Å². The Kier molecular flexibility index (Phi) is 8.50. The minimum absolute atomic E-state index is 0.00337. The molecule has 10 atom stereocenters. The molecule has 6 heterocycles. The summed E-state index contributed by atoms with van der Waals surface area (Å²) in [5.74, 6) is -1.21. The van der Waals surface area contributed by atoms with Gasteiger partial charge in [0, 0.05) is 0 Å². The van der Waals surface area contributed by atoms with Crippen LogP contribution in [0.25, 0.3) is 22.3 Å². The topological polar surface area (TPSA) is 348 Å². The van der Waals surface area contributed by atoms with Crippen molar-refractivity contribution in [1.29, 1.82) is 0 Å². The number of H-pyrrole nitrogens is 1. The number of anilines is 1. The number of nitrogens with two attached hydrogens (primary N) is 2. The fraction of sp³-hybridized carbons (Fsp3) is 0.476. The van der Waals surface area contributed by atoms with Crippen molar-refractivity contribution in [2.45, 2.75) is 48.6 Å². The molecule has 2 fully saturated rings. The normalized spacial score (nSPS) is 30.2. The quantitative estimate of drug-likeness (QED) is 0.0748. The third-order valence-electron chi connectivity index (χ3n) is 7.44. The smallest absolute Gasteiger partial charge is 0.338 e. The van der Waals surface area contributed by atoms with Gasteiger partial charge in [-0.3, -0.25) is 32.8 Å². The number of aromatic amines is 1. The van der Waals surface area contributed by atoms with Gasteiger partial charge in [0.05, 0.1) is 25.9 Å². The van der Waals surface area contributed by atoms with Crippen molar-refractivity contribution in [1.82, 2.24) is 39.0 Å². The van der Waals surface area contributed by atoms with Crippen LogP contribution in [0.2, 0.25) is 0 Å². The minimum Gasteiger partial charge on any atom is -0.389 e. The van der Waals surface area contributed by atoms with Crippen LogP contribution in [-0.4, -0.2) is 119 Å². The molecule has 6 rings (SSSR count). The molecule has 2 saturated heterocycles. The lowest BCUT2D eigenvalue weighted by Crippen LogP contribution is -2.36. The van der Waals surface area contributed by atoms with Crippen LogP contribution in [0.1, 0.15) is 22.9 Å². The Balaban J connectivity index is 1.26. The Morgan fingerprint density at radius 2 is 1.65 bits per heavy atom. The van der Waals surface area contributed by atoms with E-state index in [1.165, 1.54) is 4.57 Å². The number of aromatic nitrogens is 8. The number of nitrogens with zero attached hydrogens (tertiary/aromatic N) is 7. The van der Waals surface area contributed by atoms with Crippen molar-refractivity contribution >= 4 is 50.0 Å². The molecule has 0 saturated carbocycles. The van der Waals surface area contributed by atoms with Gasteiger partial charge in [-0.2, -0.15) is 4.98 Å². The third kappa shape index (κ3) is 5.60. The zero-order valence-electron chi connectivity index (χ0n) is 23.0. The number of hydrogen-bond donors (Lipinski definition) is 8. The zero-order chi connectivity index (χ0) is 33.1. The Morgan fingerprint density at radius 1 is 1.00 bits per heavy atom. The van der Waals surface area contributed by atoms with Crippen LogP contribution in [0, 0.1) is 0 Å². The first-order valence-corrected chi connectivity index (χ1v) is 16.1. The lowest BCUT2D eigenvalue weighted by atomic mass is 10.1. The van der Waals surface area contributed by atoms with Crippen LogP contribution in [-0.2, 0) is 27.7 Å². The number of hydrogen-bond acceptors (Lipinski definition) is 17. The van der Waals surface area contributed by atoms with Crippen LogP contribution in [0.15, 0.2) is 23.8 Å². The number of nitrogens with one attached hydrogen (secondary N) is 1. The molecule has 2 aliphatic heterocycles. The fourth-order valence-electron chi connectivity index (χ4n) is 5.32. The van der Waals surface area contributed by atoms with Gasteiger partial charge in [0.1, 0.15) is 48.0 Å². The summed E-state index contributed by atoms with van der Waals surface area (Å²) >= 11 is 0. The van der Waals surface area contributed by atoms with Gasteiger partial charge in [-0.1, -0.05) is 0 Å². The number of nitrogen functional groups attached to an aromatic ring is 1. The van der Waals surface area contributed by atoms with Gasteiger partial charge < -0.3 is 55.1 Å². The summed E-state index contributed by atoms with van der Waals surface area (Å²) in [4.78, 5) is 66.3. The lowest BCUT2D eigenvalue weighted by molar-refractivity contribution is -0.0494. The maximum Gasteiger partial charge on any atom is 0.338 e. The van der Waals surface area contributed by atoms with Crippen LogP contribution in [0.4, 0.5) is 5.95 Å². The highest BCUT2D eigenvalue weighted by atomic mass is 31.2. The van der Waals surface area contributed by atoms with Crippen molar-refractivity contribution in [2.75, 3.05) is 18.9 Å². The maximum atomic E-state index is 13.7. The van der Waals surface area contributed by atoms with Crippen molar-refractivity contribution < 1.29 is 57.6 Å². The van der Waals surface area contributed by atoms with Crippen LogP contribution in [0.3, 0.4) is 0 Å². The number of fused-ring (bicyclic) bond motifs is 2. The van der Waals surface area contributed by atoms with Gasteiger partial charge in [0.15, 0.2) is 35.0 Å². The average Bonchev–Trinajstić information content (AvgIpc) is 3.75. The molecule has 46 heavy (non-hydrogen) atoms. The molecule has 2 unspecified atom stereocenters. The highest BCUT2D eigenvalue weighted by molar-refractivity contribution is 7.53. The number of imidazole rings is 2. The van der Waals surface area contributed by atoms with E-state index in [9.17, 15) is 38.9 Å². The molecule has 10 N–H and O–H groups in total. The molecule has 0 radical (unpaired) electrons. The SMILES string of the molecule is NC(=O)c1ncnc2c1ncn2[C@@H]1O[C@H](COP(=O)(O)[C@@H]2[C@H](O)[C@@H](CO[PH](=O)O)O[C@H]2n2cnc3c(=O)[nH]c(N)nc32)[C@@H](O)[C@H]1O. The Bertz CT molecular complexity index is 1940. The number of rotatable bonds is 10. The van der Waals surface area contributed by atoms with Crippen molar-refractivity contribution in [3.05, 3.63) is 35.0 Å². The van der Waals surface area contributed by atoms with E-state index in [1.54, 1.807) is 0 Å². The number of amides is 1. The van der Waals surface area contributed by atoms with Gasteiger partial charge in [-0.25, -0.2) is 19.9 Å². The van der Waals surface area contributed by atoms with Gasteiger partial charge in [0.25, 0.3) is 11.5 Å². The molecular weight excluding hydrogens is 662 g/mol. The molecule has 2 aliphatic rings. The van der Waals surface area contributed by atoms with Gasteiger partial charge in [-0.05, 0) is 0 Å². The summed E-state index contributed by atoms with van der Waals surface area (Å²) in [6.07, 6.45) is -7.78. The highest BCUT2D eigenvalue weighted by Crippen LogP contribution is 2.57. The Hall–Kier alpha value is -3.73. The number of carbonyl (C=O) groups is 1. The van der Waals surface area contributed by atoms with Crippen LogP contribution in [0.5, 0.6) is 0 Å². The molecule has 23 nitrogen and oxygen atoms in total. The molecule has 0 bridgehead atoms. The molecule has 0 spiro atoms. The van der Waals surface area contributed by atoms with E-state index in [-0.39, 0.29) is 34.0 Å². The molecule has 25 heteroatoms. The number of aliphatic hydroxyl groups is 3. The number of carbonyl (C=O) groups excluding carboxylic acids is 1. The van der Waals surface area contributed by atoms with Crippen LogP contribution >= 0.6 is 15.9 Å². The second-order valence-electron chi connectivity index (χ2n) is 10.2. The van der Waals surface area contributed by atoms with E-state index < -0.39 is 89.2 Å². The van der Waals surface area contributed by atoms with E-state index in [1.807, 2.05) is 0 Å². The van der Waals surface area contributed by atoms with E-state index in [0.717, 1.165) is 23.5 Å². The van der Waals surface area contributed by atoms with E-state index in [2.05, 4.69) is 34.4 Å². The van der Waals surface area contributed by atoms with Crippen molar-refractivity contribution in [2.24, 2.45) is 5.73 Å². The molecule has 248 valence electrons. The average molecular weight is 688 g/mol. The molecule has 0 aliphatic carbocycles. The molecule has 4 aromatic heterocycles. The molecule has 1 amide bonds. The summed E-state index contributed by atoms with van der Waals surface area (Å²) in [5, 5.41) is 32.5. The first kappa shape index (κ1) is 32.2. The molecule has 4 aromatic rings. The lowest BCUT2D eigenvalue weighted by Gasteiger charge is -2.27. The zero-order valence-corrected chi connectivity index (χ0v) is 24.9. The van der Waals surface area contributed by atoms with Gasteiger partial charge in [-0.15, -0.1) is 0 Å². The number of aliphatic hydroxyl groups excluding tert-OH is 3. The first-order chi connectivity index (χ1) is 21.8. The summed E-state index contributed by atoms with van der Waals surface area (Å²) < 4.78 is 48.6. The summed E-state index contributed by atoms with van der Waals surface area (Å²) in [6.45, 7) is -1.49. The minimum atomic E-state index is -5.04. The Labute approximate surface area is 255 Å². The van der Waals surface area contributed by atoms with Gasteiger partial charge in [0.2, 0.25) is 5.95 Å². The summed E-state index contributed by atoms with van der Waals surface area (Å²) in [5.41, 5.74) is 7.82. The van der Waals surface area contributed by atoms with Crippen molar-refractivity contribution in [3.63, 3.8) is 0 Å². The molecular formula is C21H26N10O13P2. The van der Waals surface area contributed by atoms with E-state index >= 15 is 0 Å². The predicted octanol–water partition coefficient (Wildman–Crippen LogP) is -3.51. The predicted molar refractivity (Wildman–Crippen MR) is 149 cm³/mol. The largest absolute Gasteiger partial charge is 0.389 e. The fourth-order valence-corrected chi connectivity index (χ4v) is 7.27. The second kappa shape index (κ2) is 12.1. The van der Waals surface area contributed by atoms with Crippen molar-refractivity contribution in [3.8, 4) is 0 Å². The summed E-state index contributed by atoms with van der Waals surface area (Å²) in [6, 6.07) is 0. The number of primary amides is 1. The first-order valence-electron chi connectivity index (χ1n) is 13.2. The monoisotopic (exact) mass is 688 g/mol. The maximum absolute atomic E-state index is 13.7. The summed E-state index contributed by atoms with van der Waals surface area (Å²) in [7, 11) is -8.53. The van der Waals surface area contributed by atoms with Crippen LogP contribution < -0.4 is 17.0 Å². The number of ether oxygens (including phenoxy) is 2. The second-order valence-corrected chi connectivity index (χ2v) is 13.0.